The predicted octanol–water partition coefficient (Wildman–Crippen LogP) is 2.55. The van der Waals surface area contributed by atoms with Gasteiger partial charge in [-0.15, -0.1) is 12.4 Å². The molecule has 3 N–H and O–H groups in total. The summed E-state index contributed by atoms with van der Waals surface area (Å²) in [5.74, 6) is 0.977. The summed E-state index contributed by atoms with van der Waals surface area (Å²) in [6.45, 7) is 1.86. The third-order valence-corrected chi connectivity index (χ3v) is 3.10. The quantitative estimate of drug-likeness (QED) is 0.876. The summed E-state index contributed by atoms with van der Waals surface area (Å²) < 4.78 is 10.3. The van der Waals surface area contributed by atoms with Crippen molar-refractivity contribution in [1.82, 2.24) is 0 Å². The number of ether oxygens (including phenoxy) is 2. The number of nitrogens with two attached hydrogens (primary N) is 1. The second-order valence-electron chi connectivity index (χ2n) is 3.71. The number of aliphatic hydroxyl groups is 1. The number of benzene rings is 1. The van der Waals surface area contributed by atoms with Gasteiger partial charge in [0.15, 0.2) is 11.5 Å². The van der Waals surface area contributed by atoms with Crippen molar-refractivity contribution in [1.29, 1.82) is 0 Å². The fourth-order valence-electron chi connectivity index (χ4n) is 1.62. The van der Waals surface area contributed by atoms with Gasteiger partial charge in [0.1, 0.15) is 0 Å². The van der Waals surface area contributed by atoms with Crippen LogP contribution >= 0.6 is 24.0 Å². The van der Waals surface area contributed by atoms with Crippen molar-refractivity contribution in [3.05, 3.63) is 22.7 Å². The minimum absolute atomic E-state index is 0. The highest BCUT2D eigenvalue weighted by atomic mass is 35.5. The van der Waals surface area contributed by atoms with Gasteiger partial charge in [-0.3, -0.25) is 0 Å². The molecule has 0 bridgehead atoms. The normalized spacial score (nSPS) is 13.4. The van der Waals surface area contributed by atoms with E-state index in [1.807, 2.05) is 6.92 Å². The molecule has 0 aliphatic rings. The lowest BCUT2D eigenvalue weighted by Gasteiger charge is -2.20. The van der Waals surface area contributed by atoms with E-state index in [0.717, 1.165) is 0 Å². The lowest BCUT2D eigenvalue weighted by atomic mass is 10.00. The van der Waals surface area contributed by atoms with Crippen LogP contribution in [0.1, 0.15) is 24.9 Å². The average Bonchev–Trinajstić information content (AvgIpc) is 2.36. The second-order valence-corrected chi connectivity index (χ2v) is 4.08. The topological polar surface area (TPSA) is 64.7 Å². The summed E-state index contributed by atoms with van der Waals surface area (Å²) in [5, 5.41) is 10.1. The molecular formula is C12H19Cl2NO3. The highest BCUT2D eigenvalue weighted by Gasteiger charge is 2.21. The van der Waals surface area contributed by atoms with Crippen molar-refractivity contribution in [2.45, 2.75) is 25.5 Å². The highest BCUT2D eigenvalue weighted by molar-refractivity contribution is 6.33. The molecule has 0 amide bonds. The van der Waals surface area contributed by atoms with Crippen LogP contribution < -0.4 is 15.2 Å². The van der Waals surface area contributed by atoms with Crippen molar-refractivity contribution < 1.29 is 14.6 Å². The van der Waals surface area contributed by atoms with Gasteiger partial charge in [0.25, 0.3) is 0 Å². The molecule has 104 valence electrons. The number of aliphatic hydroxyl groups excluding tert-OH is 1. The lowest BCUT2D eigenvalue weighted by molar-refractivity contribution is 0.140. The molecule has 18 heavy (non-hydrogen) atoms. The van der Waals surface area contributed by atoms with Gasteiger partial charge in [-0.05, 0) is 18.1 Å². The van der Waals surface area contributed by atoms with Gasteiger partial charge in [-0.1, -0.05) is 24.6 Å². The van der Waals surface area contributed by atoms with E-state index in [1.54, 1.807) is 12.1 Å². The Hall–Kier alpha value is -0.680. The molecule has 0 unspecified atom stereocenters. The van der Waals surface area contributed by atoms with E-state index in [9.17, 15) is 5.11 Å². The first-order valence-electron chi connectivity index (χ1n) is 5.40. The molecule has 0 spiro atoms. The number of rotatable bonds is 5. The van der Waals surface area contributed by atoms with Gasteiger partial charge >= 0.3 is 0 Å². The minimum Gasteiger partial charge on any atom is -0.493 e. The van der Waals surface area contributed by atoms with E-state index < -0.39 is 12.1 Å². The SMILES string of the molecule is CC[C@H](O)[C@H](N)c1ccc(OC)c(OC)c1Cl.Cl. The molecule has 1 rings (SSSR count). The van der Waals surface area contributed by atoms with Crippen LogP contribution in [0.4, 0.5) is 0 Å². The molecular weight excluding hydrogens is 277 g/mol. The number of hydrogen-bond acceptors (Lipinski definition) is 4. The predicted molar refractivity (Wildman–Crippen MR) is 75.0 cm³/mol. The molecule has 6 heteroatoms. The van der Waals surface area contributed by atoms with Gasteiger partial charge in [-0.25, -0.2) is 0 Å². The Morgan fingerprint density at radius 2 is 1.94 bits per heavy atom. The van der Waals surface area contributed by atoms with Gasteiger partial charge in [0, 0.05) is 0 Å². The maximum absolute atomic E-state index is 9.74. The smallest absolute Gasteiger partial charge is 0.179 e. The fraction of sp³-hybridized carbons (Fsp3) is 0.500. The van der Waals surface area contributed by atoms with Crippen molar-refractivity contribution in [2.75, 3.05) is 14.2 Å². The standard InChI is InChI=1S/C12H18ClNO3.ClH/c1-4-8(15)11(14)7-5-6-9(16-2)12(17-3)10(7)13;/h5-6,8,11,15H,4,14H2,1-3H3;1H/t8-,11+;/m0./s1. The van der Waals surface area contributed by atoms with E-state index in [2.05, 4.69) is 0 Å². The number of hydrogen-bond donors (Lipinski definition) is 2. The molecule has 0 aliphatic carbocycles. The molecule has 0 aromatic heterocycles. The van der Waals surface area contributed by atoms with E-state index in [1.165, 1.54) is 14.2 Å². The Morgan fingerprint density at radius 3 is 2.39 bits per heavy atom. The largest absolute Gasteiger partial charge is 0.493 e. The zero-order chi connectivity index (χ0) is 13.0. The Balaban J connectivity index is 0.00000289. The van der Waals surface area contributed by atoms with Crippen molar-refractivity contribution in [2.24, 2.45) is 5.73 Å². The molecule has 2 atom stereocenters. The minimum atomic E-state index is -0.634. The van der Waals surface area contributed by atoms with Crippen LogP contribution in [0.3, 0.4) is 0 Å². The molecule has 1 aromatic carbocycles. The summed E-state index contributed by atoms with van der Waals surface area (Å²) in [7, 11) is 3.05. The van der Waals surface area contributed by atoms with Gasteiger partial charge in [-0.2, -0.15) is 0 Å². The van der Waals surface area contributed by atoms with Crippen molar-refractivity contribution >= 4 is 24.0 Å². The Labute approximate surface area is 118 Å². The van der Waals surface area contributed by atoms with Gasteiger partial charge in [0.05, 0.1) is 31.4 Å². The first-order valence-corrected chi connectivity index (χ1v) is 5.78. The molecule has 0 radical (unpaired) electrons. The first-order chi connectivity index (χ1) is 8.06. The second kappa shape index (κ2) is 7.69. The number of halogens is 2. The summed E-state index contributed by atoms with van der Waals surface area (Å²) >= 11 is 6.19. The fourth-order valence-corrected chi connectivity index (χ4v) is 1.98. The maximum atomic E-state index is 9.74. The molecule has 4 nitrogen and oxygen atoms in total. The van der Waals surface area contributed by atoms with E-state index in [4.69, 9.17) is 26.8 Å². The monoisotopic (exact) mass is 295 g/mol. The van der Waals surface area contributed by atoms with Gasteiger partial charge < -0.3 is 20.3 Å². The maximum Gasteiger partial charge on any atom is 0.179 e. The van der Waals surface area contributed by atoms with Gasteiger partial charge in [0.2, 0.25) is 0 Å². The van der Waals surface area contributed by atoms with Crippen molar-refractivity contribution in [3.8, 4) is 11.5 Å². The van der Waals surface area contributed by atoms with Crippen LogP contribution in [0, 0.1) is 0 Å². The zero-order valence-corrected chi connectivity index (χ0v) is 12.2. The Kier molecular flexibility index (Phi) is 7.40. The van der Waals surface area contributed by atoms with Crippen LogP contribution in [0.25, 0.3) is 0 Å². The summed E-state index contributed by atoms with van der Waals surface area (Å²) in [5.41, 5.74) is 6.59. The summed E-state index contributed by atoms with van der Waals surface area (Å²) in [4.78, 5) is 0. The van der Waals surface area contributed by atoms with Crippen LogP contribution in [0.2, 0.25) is 5.02 Å². The third kappa shape index (κ3) is 3.42. The van der Waals surface area contributed by atoms with Crippen LogP contribution in [0.5, 0.6) is 11.5 Å². The molecule has 0 heterocycles. The Bertz CT molecular complexity index is 388. The molecule has 0 saturated carbocycles. The first kappa shape index (κ1) is 17.3. The molecule has 0 fully saturated rings. The highest BCUT2D eigenvalue weighted by Crippen LogP contribution is 2.39. The summed E-state index contributed by atoms with van der Waals surface area (Å²) in [6.07, 6.45) is -0.0724. The van der Waals surface area contributed by atoms with E-state index in [-0.39, 0.29) is 12.4 Å². The van der Waals surface area contributed by atoms with Crippen LogP contribution in [0.15, 0.2) is 12.1 Å². The van der Waals surface area contributed by atoms with Crippen molar-refractivity contribution in [3.63, 3.8) is 0 Å². The third-order valence-electron chi connectivity index (χ3n) is 2.71. The number of methoxy groups -OCH3 is 2. The molecule has 0 saturated heterocycles. The summed E-state index contributed by atoms with van der Waals surface area (Å²) in [6, 6.07) is 2.93. The Morgan fingerprint density at radius 1 is 1.33 bits per heavy atom. The van der Waals surface area contributed by atoms with E-state index >= 15 is 0 Å². The molecule has 1 aromatic rings. The van der Waals surface area contributed by atoms with Crippen LogP contribution in [-0.2, 0) is 0 Å². The van der Waals surface area contributed by atoms with Crippen LogP contribution in [-0.4, -0.2) is 25.4 Å². The lowest BCUT2D eigenvalue weighted by Crippen LogP contribution is -2.25. The molecule has 0 aliphatic heterocycles. The van der Waals surface area contributed by atoms with E-state index in [0.29, 0.717) is 28.5 Å². The zero-order valence-electron chi connectivity index (χ0n) is 10.6. The average molecular weight is 296 g/mol.